The third-order valence-corrected chi connectivity index (χ3v) is 5.31. The van der Waals surface area contributed by atoms with E-state index < -0.39 is 9.84 Å². The van der Waals surface area contributed by atoms with E-state index in [1.165, 1.54) is 0 Å². The molecule has 1 aromatic carbocycles. The minimum absolute atomic E-state index is 0.0313. The lowest BCUT2D eigenvalue weighted by atomic mass is 10.2. The zero-order valence-electron chi connectivity index (χ0n) is 11.5. The molecule has 104 valence electrons. The molecule has 0 amide bonds. The highest BCUT2D eigenvalue weighted by Crippen LogP contribution is 2.15. The highest BCUT2D eigenvalue weighted by atomic mass is 32.2. The second-order valence-electron chi connectivity index (χ2n) is 5.30. The zero-order valence-corrected chi connectivity index (χ0v) is 12.3. The lowest BCUT2D eigenvalue weighted by molar-refractivity contribution is 0.478. The van der Waals surface area contributed by atoms with Crippen molar-refractivity contribution in [3.63, 3.8) is 0 Å². The molecule has 0 saturated carbocycles. The summed E-state index contributed by atoms with van der Waals surface area (Å²) < 4.78 is 24.5. The van der Waals surface area contributed by atoms with Crippen LogP contribution in [0.1, 0.15) is 25.3 Å². The van der Waals surface area contributed by atoms with Gasteiger partial charge in [-0.3, -0.25) is 0 Å². The Morgan fingerprint density at radius 2 is 1.79 bits per heavy atom. The predicted octanol–water partition coefficient (Wildman–Crippen LogP) is 2.47. The molecule has 3 nitrogen and oxygen atoms in total. The number of benzene rings is 1. The second-order valence-corrected chi connectivity index (χ2v) is 7.34. The van der Waals surface area contributed by atoms with Crippen LogP contribution in [0.2, 0.25) is 0 Å². The van der Waals surface area contributed by atoms with Crippen molar-refractivity contribution in [1.82, 2.24) is 5.32 Å². The Labute approximate surface area is 115 Å². The molecule has 0 saturated heterocycles. The first-order valence-corrected chi connectivity index (χ1v) is 8.33. The van der Waals surface area contributed by atoms with Crippen LogP contribution in [-0.2, 0) is 9.84 Å². The van der Waals surface area contributed by atoms with Gasteiger partial charge >= 0.3 is 0 Å². The fourth-order valence-corrected chi connectivity index (χ4v) is 3.87. The van der Waals surface area contributed by atoms with Crippen LogP contribution >= 0.6 is 0 Å². The van der Waals surface area contributed by atoms with Crippen molar-refractivity contribution < 1.29 is 8.42 Å². The molecular weight excluding hydrogens is 258 g/mol. The number of nitrogens with one attached hydrogen (secondary N) is 1. The highest BCUT2D eigenvalue weighted by Gasteiger charge is 2.20. The minimum Gasteiger partial charge on any atom is -0.310 e. The van der Waals surface area contributed by atoms with Gasteiger partial charge in [0.1, 0.15) is 0 Å². The highest BCUT2D eigenvalue weighted by molar-refractivity contribution is 7.91. The van der Waals surface area contributed by atoms with Crippen molar-refractivity contribution in [3.05, 3.63) is 42.0 Å². The van der Waals surface area contributed by atoms with E-state index in [0.29, 0.717) is 10.9 Å². The molecule has 1 N–H and O–H groups in total. The molecule has 1 aromatic rings. The third-order valence-electron chi connectivity index (χ3n) is 3.38. The van der Waals surface area contributed by atoms with Crippen LogP contribution in [-0.4, -0.2) is 26.3 Å². The first-order chi connectivity index (χ1) is 8.97. The van der Waals surface area contributed by atoms with Crippen molar-refractivity contribution in [2.45, 2.75) is 43.7 Å². The first kappa shape index (κ1) is 14.3. The van der Waals surface area contributed by atoms with Crippen molar-refractivity contribution in [1.29, 1.82) is 0 Å². The van der Waals surface area contributed by atoms with Gasteiger partial charge in [-0.25, -0.2) is 8.42 Å². The number of hydrogen-bond donors (Lipinski definition) is 1. The van der Waals surface area contributed by atoms with Gasteiger partial charge < -0.3 is 5.32 Å². The van der Waals surface area contributed by atoms with Crippen molar-refractivity contribution >= 4 is 9.84 Å². The quantitative estimate of drug-likeness (QED) is 0.842. The summed E-state index contributed by atoms with van der Waals surface area (Å²) in [6.07, 6.45) is 6.27. The molecule has 0 heterocycles. The Morgan fingerprint density at radius 1 is 1.21 bits per heavy atom. The van der Waals surface area contributed by atoms with Crippen molar-refractivity contribution in [2.75, 3.05) is 5.75 Å². The van der Waals surface area contributed by atoms with E-state index >= 15 is 0 Å². The topological polar surface area (TPSA) is 46.2 Å². The van der Waals surface area contributed by atoms with Crippen LogP contribution < -0.4 is 5.32 Å². The number of sulfone groups is 1. The van der Waals surface area contributed by atoms with Crippen LogP contribution in [0, 0.1) is 6.92 Å². The molecule has 0 unspecified atom stereocenters. The van der Waals surface area contributed by atoms with Gasteiger partial charge in [0, 0.05) is 12.1 Å². The summed E-state index contributed by atoms with van der Waals surface area (Å²) in [4.78, 5) is 0.413. The monoisotopic (exact) mass is 279 g/mol. The maximum Gasteiger partial charge on any atom is 0.179 e. The molecule has 1 atom stereocenters. The number of rotatable bonds is 5. The predicted molar refractivity (Wildman–Crippen MR) is 78.0 cm³/mol. The lowest BCUT2D eigenvalue weighted by Crippen LogP contribution is -2.39. The van der Waals surface area contributed by atoms with E-state index in [1.54, 1.807) is 12.1 Å². The summed E-state index contributed by atoms with van der Waals surface area (Å²) in [6.45, 7) is 3.89. The molecule has 4 heteroatoms. The van der Waals surface area contributed by atoms with Crippen LogP contribution in [0.4, 0.5) is 0 Å². The average Bonchev–Trinajstić information content (AvgIpc) is 2.81. The van der Waals surface area contributed by atoms with E-state index in [1.807, 2.05) is 26.0 Å². The van der Waals surface area contributed by atoms with E-state index in [4.69, 9.17) is 0 Å². The zero-order chi connectivity index (χ0) is 13.9. The summed E-state index contributed by atoms with van der Waals surface area (Å²) in [5.74, 6) is 0.145. The Kier molecular flexibility index (Phi) is 4.42. The van der Waals surface area contributed by atoms with Gasteiger partial charge in [0.2, 0.25) is 0 Å². The Morgan fingerprint density at radius 3 is 2.37 bits per heavy atom. The standard InChI is InChI=1S/C15H21NO2S/c1-12-7-9-15(10-8-12)19(17,18)11-13(2)16-14-5-3-4-6-14/h3-4,7-10,13-14,16H,5-6,11H2,1-2H3/t13-/m0/s1. The van der Waals surface area contributed by atoms with Gasteiger partial charge in [-0.15, -0.1) is 0 Å². The third kappa shape index (κ3) is 3.91. The maximum atomic E-state index is 12.3. The molecule has 0 radical (unpaired) electrons. The molecule has 1 aliphatic carbocycles. The SMILES string of the molecule is Cc1ccc(S(=O)(=O)C[C@H](C)NC2CC=CC2)cc1. The fraction of sp³-hybridized carbons (Fsp3) is 0.467. The Bertz CT molecular complexity index is 538. The molecule has 0 bridgehead atoms. The Hall–Kier alpha value is -1.13. The van der Waals surface area contributed by atoms with Gasteiger partial charge in [0.15, 0.2) is 9.84 Å². The van der Waals surface area contributed by atoms with E-state index in [0.717, 1.165) is 18.4 Å². The lowest BCUT2D eigenvalue weighted by Gasteiger charge is -2.19. The molecule has 0 aromatic heterocycles. The molecule has 0 spiro atoms. The Balaban J connectivity index is 1.98. The van der Waals surface area contributed by atoms with Crippen molar-refractivity contribution in [3.8, 4) is 0 Å². The van der Waals surface area contributed by atoms with Crippen LogP contribution in [0.5, 0.6) is 0 Å². The van der Waals surface area contributed by atoms with Gasteiger partial charge in [0.25, 0.3) is 0 Å². The smallest absolute Gasteiger partial charge is 0.179 e. The summed E-state index contributed by atoms with van der Waals surface area (Å²) >= 11 is 0. The molecule has 0 fully saturated rings. The van der Waals surface area contributed by atoms with Crippen LogP contribution in [0.25, 0.3) is 0 Å². The first-order valence-electron chi connectivity index (χ1n) is 6.68. The molecule has 1 aliphatic rings. The summed E-state index contributed by atoms with van der Waals surface area (Å²) in [5.41, 5.74) is 1.07. The molecule has 0 aliphatic heterocycles. The normalized spacial score (nSPS) is 17.8. The molecule has 19 heavy (non-hydrogen) atoms. The van der Waals surface area contributed by atoms with Gasteiger partial charge in [-0.2, -0.15) is 0 Å². The number of hydrogen-bond acceptors (Lipinski definition) is 3. The van der Waals surface area contributed by atoms with E-state index in [9.17, 15) is 8.42 Å². The van der Waals surface area contributed by atoms with Crippen molar-refractivity contribution in [2.24, 2.45) is 0 Å². The van der Waals surface area contributed by atoms with Crippen LogP contribution in [0.15, 0.2) is 41.3 Å². The van der Waals surface area contributed by atoms with Crippen LogP contribution in [0.3, 0.4) is 0 Å². The maximum absolute atomic E-state index is 12.3. The average molecular weight is 279 g/mol. The molecule has 2 rings (SSSR count). The number of aryl methyl sites for hydroxylation is 1. The van der Waals surface area contributed by atoms with Gasteiger partial charge in [-0.1, -0.05) is 29.8 Å². The summed E-state index contributed by atoms with van der Waals surface area (Å²) in [7, 11) is -3.20. The van der Waals surface area contributed by atoms with E-state index in [-0.39, 0.29) is 11.8 Å². The summed E-state index contributed by atoms with van der Waals surface area (Å²) in [5, 5.41) is 3.37. The fourth-order valence-electron chi connectivity index (χ4n) is 2.37. The van der Waals surface area contributed by atoms with E-state index in [2.05, 4.69) is 17.5 Å². The second kappa shape index (κ2) is 5.88. The largest absolute Gasteiger partial charge is 0.310 e. The van der Waals surface area contributed by atoms with Gasteiger partial charge in [-0.05, 0) is 38.8 Å². The molecular formula is C15H21NO2S. The minimum atomic E-state index is -3.20. The summed E-state index contributed by atoms with van der Waals surface area (Å²) in [6, 6.07) is 7.42. The van der Waals surface area contributed by atoms with Gasteiger partial charge in [0.05, 0.1) is 10.6 Å².